The summed E-state index contributed by atoms with van der Waals surface area (Å²) in [5, 5.41) is 13.1. The Balaban J connectivity index is 1.43. The van der Waals surface area contributed by atoms with Gasteiger partial charge in [0.2, 0.25) is 11.8 Å². The molecule has 158 valence electrons. The predicted octanol–water partition coefficient (Wildman–Crippen LogP) is 2.08. The van der Waals surface area contributed by atoms with Gasteiger partial charge in [0.05, 0.1) is 6.10 Å². The Morgan fingerprint density at radius 3 is 2.23 bits per heavy atom. The molecule has 1 saturated heterocycles. The van der Waals surface area contributed by atoms with Crippen molar-refractivity contribution in [2.45, 2.75) is 19.1 Å². The van der Waals surface area contributed by atoms with Crippen molar-refractivity contribution in [1.29, 1.82) is 0 Å². The zero-order valence-corrected chi connectivity index (χ0v) is 17.3. The van der Waals surface area contributed by atoms with Crippen LogP contribution >= 0.6 is 0 Å². The summed E-state index contributed by atoms with van der Waals surface area (Å²) < 4.78 is 0. The topological polar surface area (TPSA) is 72.9 Å². The van der Waals surface area contributed by atoms with Crippen molar-refractivity contribution in [3.8, 4) is 0 Å². The molecule has 1 aliphatic rings. The molecule has 1 heterocycles. The standard InChI is InChI=1S/C24H29N3O3/c1-19(25-23(29)13-12-20-8-4-2-5-9-20)24(30)27-16-14-26(15-17-27)18-22(28)21-10-6-3-7-11-21/h2-13,19,22,28H,14-18H2,1H3,(H,25,29)/b13-12+. The average Bonchev–Trinajstić information content (AvgIpc) is 2.79. The first kappa shape index (κ1) is 21.7. The van der Waals surface area contributed by atoms with Gasteiger partial charge < -0.3 is 15.3 Å². The molecule has 2 amide bonds. The lowest BCUT2D eigenvalue weighted by atomic mass is 10.1. The fourth-order valence-corrected chi connectivity index (χ4v) is 3.51. The van der Waals surface area contributed by atoms with Crippen LogP contribution in [0.2, 0.25) is 0 Å². The van der Waals surface area contributed by atoms with E-state index in [0.717, 1.165) is 11.1 Å². The van der Waals surface area contributed by atoms with Crippen molar-refractivity contribution < 1.29 is 14.7 Å². The molecular formula is C24H29N3O3. The second kappa shape index (κ2) is 10.7. The molecule has 0 aromatic heterocycles. The van der Waals surface area contributed by atoms with Gasteiger partial charge >= 0.3 is 0 Å². The van der Waals surface area contributed by atoms with Crippen LogP contribution in [0, 0.1) is 0 Å². The molecule has 2 unspecified atom stereocenters. The number of rotatable bonds is 7. The number of nitrogens with zero attached hydrogens (tertiary/aromatic N) is 2. The van der Waals surface area contributed by atoms with Crippen LogP contribution in [0.5, 0.6) is 0 Å². The molecule has 3 rings (SSSR count). The minimum absolute atomic E-state index is 0.0836. The summed E-state index contributed by atoms with van der Waals surface area (Å²) in [6.45, 7) is 4.82. The van der Waals surface area contributed by atoms with Gasteiger partial charge in [-0.1, -0.05) is 60.7 Å². The van der Waals surface area contributed by atoms with Crippen LogP contribution in [0.1, 0.15) is 24.2 Å². The molecule has 2 atom stereocenters. The number of carbonyl (C=O) groups excluding carboxylic acids is 2. The molecule has 1 aliphatic heterocycles. The maximum Gasteiger partial charge on any atom is 0.244 e. The van der Waals surface area contributed by atoms with E-state index in [0.29, 0.717) is 32.7 Å². The molecule has 6 heteroatoms. The van der Waals surface area contributed by atoms with Gasteiger partial charge in [0.1, 0.15) is 6.04 Å². The minimum atomic E-state index is -0.584. The third kappa shape index (κ3) is 6.27. The number of aliphatic hydroxyl groups is 1. The molecule has 2 aromatic carbocycles. The van der Waals surface area contributed by atoms with Crippen LogP contribution in [0.15, 0.2) is 66.7 Å². The number of hydrogen-bond donors (Lipinski definition) is 2. The van der Waals surface area contributed by atoms with Crippen molar-refractivity contribution in [1.82, 2.24) is 15.1 Å². The quantitative estimate of drug-likeness (QED) is 0.690. The van der Waals surface area contributed by atoms with E-state index in [9.17, 15) is 14.7 Å². The van der Waals surface area contributed by atoms with Crippen molar-refractivity contribution >= 4 is 17.9 Å². The van der Waals surface area contributed by atoms with Crippen LogP contribution < -0.4 is 5.32 Å². The van der Waals surface area contributed by atoms with Crippen LogP contribution in [-0.2, 0) is 9.59 Å². The van der Waals surface area contributed by atoms with Crippen molar-refractivity contribution in [2.24, 2.45) is 0 Å². The first-order valence-corrected chi connectivity index (χ1v) is 10.3. The van der Waals surface area contributed by atoms with E-state index in [1.165, 1.54) is 6.08 Å². The van der Waals surface area contributed by atoms with Crippen molar-refractivity contribution in [2.75, 3.05) is 32.7 Å². The van der Waals surface area contributed by atoms with Gasteiger partial charge in [-0.2, -0.15) is 0 Å². The minimum Gasteiger partial charge on any atom is -0.387 e. The van der Waals surface area contributed by atoms with Gasteiger partial charge in [-0.15, -0.1) is 0 Å². The van der Waals surface area contributed by atoms with E-state index in [-0.39, 0.29) is 11.8 Å². The Hall–Kier alpha value is -2.96. The number of β-amino-alcohol motifs (C(OH)–C–C–N with tert-alkyl or cyclic N) is 1. The molecule has 0 saturated carbocycles. The number of hydrogen-bond acceptors (Lipinski definition) is 4. The molecule has 2 N–H and O–H groups in total. The number of benzene rings is 2. The Labute approximate surface area is 177 Å². The van der Waals surface area contributed by atoms with Gasteiger partial charge in [0, 0.05) is 38.8 Å². The fraction of sp³-hybridized carbons (Fsp3) is 0.333. The number of carbonyl (C=O) groups is 2. The van der Waals surface area contributed by atoms with Crippen LogP contribution in [0.25, 0.3) is 6.08 Å². The van der Waals surface area contributed by atoms with Gasteiger partial charge in [-0.25, -0.2) is 0 Å². The first-order chi connectivity index (χ1) is 14.5. The molecule has 0 radical (unpaired) electrons. The smallest absolute Gasteiger partial charge is 0.244 e. The van der Waals surface area contributed by atoms with Crippen LogP contribution in [0.4, 0.5) is 0 Å². The highest BCUT2D eigenvalue weighted by molar-refractivity contribution is 5.95. The normalized spacial score (nSPS) is 16.9. The first-order valence-electron chi connectivity index (χ1n) is 10.3. The molecule has 0 aliphatic carbocycles. The Morgan fingerprint density at radius 1 is 1.00 bits per heavy atom. The van der Waals surface area contributed by atoms with E-state index in [1.807, 2.05) is 60.7 Å². The number of nitrogens with one attached hydrogen (secondary N) is 1. The lowest BCUT2D eigenvalue weighted by Crippen LogP contribution is -2.54. The van der Waals surface area contributed by atoms with Crippen molar-refractivity contribution in [3.63, 3.8) is 0 Å². The zero-order chi connectivity index (χ0) is 21.3. The lowest BCUT2D eigenvalue weighted by molar-refractivity contribution is -0.136. The van der Waals surface area contributed by atoms with Gasteiger partial charge in [-0.3, -0.25) is 14.5 Å². The molecule has 6 nitrogen and oxygen atoms in total. The number of aliphatic hydroxyl groups excluding tert-OH is 1. The molecule has 30 heavy (non-hydrogen) atoms. The summed E-state index contributed by atoms with van der Waals surface area (Å²) in [5.74, 6) is -0.371. The second-order valence-electron chi connectivity index (χ2n) is 7.53. The summed E-state index contributed by atoms with van der Waals surface area (Å²) in [7, 11) is 0. The van der Waals surface area contributed by atoms with E-state index in [4.69, 9.17) is 0 Å². The maximum atomic E-state index is 12.7. The predicted molar refractivity (Wildman–Crippen MR) is 118 cm³/mol. The van der Waals surface area contributed by atoms with Crippen molar-refractivity contribution in [3.05, 3.63) is 77.9 Å². The third-order valence-electron chi connectivity index (χ3n) is 5.26. The maximum absolute atomic E-state index is 12.7. The summed E-state index contributed by atoms with van der Waals surface area (Å²) in [5.41, 5.74) is 1.83. The Kier molecular flexibility index (Phi) is 7.76. The second-order valence-corrected chi connectivity index (χ2v) is 7.53. The molecule has 0 spiro atoms. The van der Waals surface area contributed by atoms with Crippen LogP contribution in [-0.4, -0.2) is 65.5 Å². The highest BCUT2D eigenvalue weighted by Crippen LogP contribution is 2.15. The monoisotopic (exact) mass is 407 g/mol. The largest absolute Gasteiger partial charge is 0.387 e. The molecule has 0 bridgehead atoms. The molecule has 1 fully saturated rings. The van der Waals surface area contributed by atoms with Crippen LogP contribution in [0.3, 0.4) is 0 Å². The zero-order valence-electron chi connectivity index (χ0n) is 17.3. The number of amides is 2. The van der Waals surface area contributed by atoms with Gasteiger partial charge in [0.15, 0.2) is 0 Å². The van der Waals surface area contributed by atoms with Gasteiger partial charge in [0.25, 0.3) is 0 Å². The summed E-state index contributed by atoms with van der Waals surface area (Å²) >= 11 is 0. The SMILES string of the molecule is CC(NC(=O)/C=C/c1ccccc1)C(=O)N1CCN(CC(O)c2ccccc2)CC1. The molecule has 2 aromatic rings. The Bertz CT molecular complexity index is 847. The fourth-order valence-electron chi connectivity index (χ4n) is 3.51. The summed E-state index contributed by atoms with van der Waals surface area (Å²) in [6, 6.07) is 18.6. The molecular weight excluding hydrogens is 378 g/mol. The van der Waals surface area contributed by atoms with E-state index < -0.39 is 12.1 Å². The lowest BCUT2D eigenvalue weighted by Gasteiger charge is -2.36. The van der Waals surface area contributed by atoms with E-state index in [2.05, 4.69) is 10.2 Å². The summed E-state index contributed by atoms with van der Waals surface area (Å²) in [4.78, 5) is 28.7. The highest BCUT2D eigenvalue weighted by Gasteiger charge is 2.26. The van der Waals surface area contributed by atoms with E-state index >= 15 is 0 Å². The summed E-state index contributed by atoms with van der Waals surface area (Å²) in [6.07, 6.45) is 2.63. The number of piperazine rings is 1. The van der Waals surface area contributed by atoms with E-state index in [1.54, 1.807) is 17.9 Å². The Morgan fingerprint density at radius 2 is 1.60 bits per heavy atom. The average molecular weight is 408 g/mol. The highest BCUT2D eigenvalue weighted by atomic mass is 16.3. The third-order valence-corrected chi connectivity index (χ3v) is 5.26. The van der Waals surface area contributed by atoms with Gasteiger partial charge in [-0.05, 0) is 24.1 Å².